The molecule has 0 fully saturated rings. The molecule has 2 aromatic carbocycles. The Labute approximate surface area is 247 Å². The van der Waals surface area contributed by atoms with Crippen LogP contribution in [0.1, 0.15) is 73.6 Å². The summed E-state index contributed by atoms with van der Waals surface area (Å²) in [6.45, 7) is 9.33. The van der Waals surface area contributed by atoms with E-state index in [1.165, 1.54) is 73.6 Å². The van der Waals surface area contributed by atoms with E-state index in [4.69, 9.17) is 4.74 Å². The third-order valence-corrected chi connectivity index (χ3v) is 7.51. The van der Waals surface area contributed by atoms with Crippen molar-refractivity contribution in [3.8, 4) is 5.75 Å². The maximum absolute atomic E-state index is 6.63. The van der Waals surface area contributed by atoms with Gasteiger partial charge in [0.2, 0.25) is 0 Å². The first-order chi connectivity index (χ1) is 19.2. The monoisotopic (exact) mass is 552 g/mol. The van der Waals surface area contributed by atoms with E-state index in [0.29, 0.717) is 0 Å². The van der Waals surface area contributed by atoms with Gasteiger partial charge < -0.3 is 24.3 Å². The van der Waals surface area contributed by atoms with Crippen molar-refractivity contribution >= 4 is 0 Å². The molecule has 0 amide bonds. The number of hydrogen-bond donors (Lipinski definition) is 0. The van der Waals surface area contributed by atoms with Gasteiger partial charge in [0.05, 0.1) is 6.61 Å². The molecule has 0 radical (unpaired) electrons. The minimum Gasteiger partial charge on any atom is -0.493 e. The van der Waals surface area contributed by atoms with Crippen LogP contribution in [0.3, 0.4) is 0 Å². The third-order valence-electron chi connectivity index (χ3n) is 7.51. The molecule has 0 heterocycles. The summed E-state index contributed by atoms with van der Waals surface area (Å²) in [5.41, 5.74) is 5.47. The molecule has 0 unspecified atom stereocenters. The van der Waals surface area contributed by atoms with Gasteiger partial charge in [-0.05, 0) is 113 Å². The van der Waals surface area contributed by atoms with Gasteiger partial charge in [-0.15, -0.1) is 0 Å². The second-order valence-corrected chi connectivity index (χ2v) is 12.4. The van der Waals surface area contributed by atoms with Crippen molar-refractivity contribution in [3.05, 3.63) is 64.7 Å². The molecule has 2 rings (SSSR count). The summed E-state index contributed by atoms with van der Waals surface area (Å²) in [4.78, 5) is 9.43. The van der Waals surface area contributed by atoms with Crippen LogP contribution >= 0.6 is 0 Å². The highest BCUT2D eigenvalue weighted by Crippen LogP contribution is 2.29. The zero-order chi connectivity index (χ0) is 29.2. The zero-order valence-corrected chi connectivity index (χ0v) is 27.1. The standard InChI is InChI=1S/C35H60N4O/c1-31-27-33(29-38(6)24-17-22-36(2)3)35(34(28-31)30-39(7)25-18-23-37(4)5)40-26-16-11-9-8-10-13-19-32-20-14-12-15-21-32/h12,14-15,20-21,27-28H,8-11,13,16-19,22-26,29-30H2,1-7H3. The second-order valence-electron chi connectivity index (χ2n) is 12.4. The quantitative estimate of drug-likeness (QED) is 0.151. The van der Waals surface area contributed by atoms with Gasteiger partial charge in [-0.1, -0.05) is 73.7 Å². The molecule has 0 N–H and O–H groups in total. The lowest BCUT2D eigenvalue weighted by Gasteiger charge is -2.24. The molecule has 0 bridgehead atoms. The predicted octanol–water partition coefficient (Wildman–Crippen LogP) is 6.72. The minimum absolute atomic E-state index is 0.807. The van der Waals surface area contributed by atoms with E-state index in [0.717, 1.165) is 58.0 Å². The summed E-state index contributed by atoms with van der Waals surface area (Å²) in [5.74, 6) is 1.13. The molecule has 0 aromatic heterocycles. The summed E-state index contributed by atoms with van der Waals surface area (Å²) in [5, 5.41) is 0. The van der Waals surface area contributed by atoms with Gasteiger partial charge in [0, 0.05) is 24.2 Å². The fourth-order valence-electron chi connectivity index (χ4n) is 5.36. The topological polar surface area (TPSA) is 22.2 Å². The Morgan fingerprint density at radius 3 is 1.60 bits per heavy atom. The van der Waals surface area contributed by atoms with Crippen LogP contribution in [0, 0.1) is 6.92 Å². The smallest absolute Gasteiger partial charge is 0.128 e. The highest BCUT2D eigenvalue weighted by molar-refractivity contribution is 5.44. The molecule has 0 aliphatic carbocycles. The molecule has 40 heavy (non-hydrogen) atoms. The number of hydrogen-bond acceptors (Lipinski definition) is 5. The van der Waals surface area contributed by atoms with Crippen molar-refractivity contribution < 1.29 is 4.74 Å². The lowest BCUT2D eigenvalue weighted by Crippen LogP contribution is -2.25. The van der Waals surface area contributed by atoms with Gasteiger partial charge in [0.25, 0.3) is 0 Å². The molecular formula is C35H60N4O. The van der Waals surface area contributed by atoms with Crippen molar-refractivity contribution in [2.75, 3.05) is 75.1 Å². The number of nitrogens with zero attached hydrogens (tertiary/aromatic N) is 4. The fourth-order valence-corrected chi connectivity index (χ4v) is 5.36. The molecule has 5 nitrogen and oxygen atoms in total. The van der Waals surface area contributed by atoms with E-state index in [1.807, 2.05) is 0 Å². The lowest BCUT2D eigenvalue weighted by molar-refractivity contribution is 0.263. The van der Waals surface area contributed by atoms with Crippen LogP contribution in [-0.4, -0.2) is 94.7 Å². The van der Waals surface area contributed by atoms with Crippen molar-refractivity contribution in [3.63, 3.8) is 0 Å². The van der Waals surface area contributed by atoms with Crippen molar-refractivity contribution in [2.45, 2.75) is 77.8 Å². The Morgan fingerprint density at radius 2 is 1.07 bits per heavy atom. The number of rotatable bonds is 22. The number of aryl methyl sites for hydroxylation is 2. The largest absolute Gasteiger partial charge is 0.493 e. The number of unbranched alkanes of at least 4 members (excludes halogenated alkanes) is 5. The predicted molar refractivity (Wildman–Crippen MR) is 174 cm³/mol. The highest BCUT2D eigenvalue weighted by atomic mass is 16.5. The van der Waals surface area contributed by atoms with E-state index in [-0.39, 0.29) is 0 Å². The van der Waals surface area contributed by atoms with E-state index in [1.54, 1.807) is 0 Å². The number of ether oxygens (including phenoxy) is 1. The van der Waals surface area contributed by atoms with Gasteiger partial charge in [0.1, 0.15) is 5.75 Å². The fraction of sp³-hybridized carbons (Fsp3) is 0.657. The van der Waals surface area contributed by atoms with Crippen LogP contribution in [0.4, 0.5) is 0 Å². The molecule has 0 aliphatic heterocycles. The Kier molecular flexibility index (Phi) is 17.2. The summed E-state index contributed by atoms with van der Waals surface area (Å²) in [7, 11) is 13.1. The molecule has 0 aliphatic rings. The van der Waals surface area contributed by atoms with Crippen LogP contribution in [0.25, 0.3) is 0 Å². The first-order valence-corrected chi connectivity index (χ1v) is 15.7. The molecule has 226 valence electrons. The third kappa shape index (κ3) is 15.2. The van der Waals surface area contributed by atoms with Crippen LogP contribution in [0.5, 0.6) is 5.75 Å². The van der Waals surface area contributed by atoms with Gasteiger partial charge in [-0.2, -0.15) is 0 Å². The summed E-state index contributed by atoms with van der Waals surface area (Å²) < 4.78 is 6.63. The van der Waals surface area contributed by atoms with Crippen molar-refractivity contribution in [1.29, 1.82) is 0 Å². The lowest BCUT2D eigenvalue weighted by atomic mass is 10.0. The van der Waals surface area contributed by atoms with Crippen LogP contribution < -0.4 is 4.74 Å². The maximum Gasteiger partial charge on any atom is 0.128 e. The minimum atomic E-state index is 0.807. The second kappa shape index (κ2) is 20.0. The van der Waals surface area contributed by atoms with Gasteiger partial charge in [-0.3, -0.25) is 0 Å². The van der Waals surface area contributed by atoms with Crippen LogP contribution in [-0.2, 0) is 19.5 Å². The van der Waals surface area contributed by atoms with Gasteiger partial charge >= 0.3 is 0 Å². The highest BCUT2D eigenvalue weighted by Gasteiger charge is 2.15. The summed E-state index contributed by atoms with van der Waals surface area (Å²) in [6.07, 6.45) is 11.2. The average Bonchev–Trinajstić information content (AvgIpc) is 2.89. The molecule has 0 saturated carbocycles. The first-order valence-electron chi connectivity index (χ1n) is 15.7. The molecule has 2 aromatic rings. The van der Waals surface area contributed by atoms with Crippen molar-refractivity contribution in [1.82, 2.24) is 19.6 Å². The molecular weight excluding hydrogens is 492 g/mol. The van der Waals surface area contributed by atoms with Crippen LogP contribution in [0.15, 0.2) is 42.5 Å². The van der Waals surface area contributed by atoms with E-state index in [2.05, 4.69) is 111 Å². The van der Waals surface area contributed by atoms with E-state index < -0.39 is 0 Å². The molecule has 0 spiro atoms. The van der Waals surface area contributed by atoms with Crippen molar-refractivity contribution in [2.24, 2.45) is 0 Å². The summed E-state index contributed by atoms with van der Waals surface area (Å²) in [6, 6.07) is 15.6. The molecule has 0 atom stereocenters. The van der Waals surface area contributed by atoms with Gasteiger partial charge in [-0.25, -0.2) is 0 Å². The Balaban J connectivity index is 1.90. The van der Waals surface area contributed by atoms with E-state index >= 15 is 0 Å². The Hall–Kier alpha value is -1.92. The van der Waals surface area contributed by atoms with E-state index in [9.17, 15) is 0 Å². The Morgan fingerprint density at radius 1 is 0.575 bits per heavy atom. The number of benzene rings is 2. The normalized spacial score (nSPS) is 11.9. The molecule has 5 heteroatoms. The summed E-state index contributed by atoms with van der Waals surface area (Å²) >= 11 is 0. The van der Waals surface area contributed by atoms with Crippen LogP contribution in [0.2, 0.25) is 0 Å². The maximum atomic E-state index is 6.63. The zero-order valence-electron chi connectivity index (χ0n) is 27.1. The first kappa shape index (κ1) is 34.3. The van der Waals surface area contributed by atoms with Gasteiger partial charge in [0.15, 0.2) is 0 Å². The molecule has 0 saturated heterocycles. The average molecular weight is 553 g/mol. The Bertz CT molecular complexity index is 872. The SMILES string of the molecule is Cc1cc(CN(C)CCCN(C)C)c(OCCCCCCCCc2ccccc2)c(CN(C)CCCN(C)C)c1.